The molecule has 18 heavy (non-hydrogen) atoms. The molecule has 1 aliphatic rings. The number of para-hydroxylation sites is 1. The monoisotopic (exact) mass is 241 g/mol. The van der Waals surface area contributed by atoms with Gasteiger partial charge in [-0.3, -0.25) is 0 Å². The normalized spacial score (nSPS) is 13.4. The summed E-state index contributed by atoms with van der Waals surface area (Å²) in [6, 6.07) is 7.94. The van der Waals surface area contributed by atoms with Gasteiger partial charge in [-0.2, -0.15) is 0 Å². The number of carboxylic acids is 1. The van der Waals surface area contributed by atoms with Crippen molar-refractivity contribution >= 4 is 17.5 Å². The Bertz CT molecular complexity index is 613. The van der Waals surface area contributed by atoms with Crippen LogP contribution in [0.2, 0.25) is 0 Å². The zero-order valence-corrected chi connectivity index (χ0v) is 9.58. The third-order valence-corrected chi connectivity index (χ3v) is 3.02. The van der Waals surface area contributed by atoms with Crippen LogP contribution in [0, 0.1) is 0 Å². The summed E-state index contributed by atoms with van der Waals surface area (Å²) in [5.74, 6) is -0.641. The van der Waals surface area contributed by atoms with Crippen molar-refractivity contribution in [3.8, 4) is 0 Å². The molecule has 0 bridgehead atoms. The van der Waals surface area contributed by atoms with Gasteiger partial charge in [0.1, 0.15) is 0 Å². The first-order valence-corrected chi connectivity index (χ1v) is 5.67. The van der Waals surface area contributed by atoms with E-state index in [1.165, 1.54) is 18.0 Å². The minimum Gasteiger partial charge on any atom is -0.476 e. The molecule has 0 radical (unpaired) electrons. The van der Waals surface area contributed by atoms with Gasteiger partial charge in [0, 0.05) is 24.6 Å². The van der Waals surface area contributed by atoms with E-state index in [1.54, 1.807) is 0 Å². The van der Waals surface area contributed by atoms with Crippen LogP contribution in [0.5, 0.6) is 0 Å². The highest BCUT2D eigenvalue weighted by Crippen LogP contribution is 2.34. The van der Waals surface area contributed by atoms with E-state index in [9.17, 15) is 4.79 Å². The molecule has 0 saturated carbocycles. The van der Waals surface area contributed by atoms with Crippen molar-refractivity contribution in [2.75, 3.05) is 11.4 Å². The van der Waals surface area contributed by atoms with Gasteiger partial charge in [0.05, 0.1) is 0 Å². The van der Waals surface area contributed by atoms with Crippen LogP contribution in [0.25, 0.3) is 0 Å². The van der Waals surface area contributed by atoms with E-state index in [0.717, 1.165) is 18.7 Å². The minimum atomic E-state index is -1.05. The molecular weight excluding hydrogens is 230 g/mol. The lowest BCUT2D eigenvalue weighted by Gasteiger charge is -2.19. The van der Waals surface area contributed by atoms with Crippen molar-refractivity contribution in [2.45, 2.75) is 6.42 Å². The topological polar surface area (TPSA) is 66.3 Å². The molecule has 5 nitrogen and oxygen atoms in total. The molecule has 0 unspecified atom stereocenters. The number of carbonyl (C=O) groups is 1. The largest absolute Gasteiger partial charge is 0.476 e. The summed E-state index contributed by atoms with van der Waals surface area (Å²) < 4.78 is 0. The fraction of sp³-hybridized carbons (Fsp3) is 0.154. The quantitative estimate of drug-likeness (QED) is 0.869. The lowest BCUT2D eigenvalue weighted by molar-refractivity contribution is 0.0691. The highest BCUT2D eigenvalue weighted by atomic mass is 16.4. The molecule has 0 atom stereocenters. The number of aromatic nitrogens is 2. The first-order chi connectivity index (χ1) is 8.77. The predicted octanol–water partition coefficient (Wildman–Crippen LogP) is 1.87. The highest BCUT2D eigenvalue weighted by molar-refractivity contribution is 5.92. The Hall–Kier alpha value is -2.43. The first kappa shape index (κ1) is 10.7. The SMILES string of the molecule is O=C(O)c1nccnc1N1CCc2ccccc21. The fourth-order valence-electron chi connectivity index (χ4n) is 2.24. The van der Waals surface area contributed by atoms with E-state index in [0.29, 0.717) is 5.82 Å². The molecule has 0 saturated heterocycles. The van der Waals surface area contributed by atoms with E-state index >= 15 is 0 Å². The number of hydrogen-bond donors (Lipinski definition) is 1. The molecular formula is C13H11N3O2. The zero-order chi connectivity index (χ0) is 12.5. The molecule has 0 fully saturated rings. The molecule has 3 rings (SSSR count). The van der Waals surface area contributed by atoms with Crippen LogP contribution in [0.1, 0.15) is 16.1 Å². The Labute approximate surface area is 104 Å². The van der Waals surface area contributed by atoms with Gasteiger partial charge in [0.2, 0.25) is 0 Å². The number of rotatable bonds is 2. The lowest BCUT2D eigenvalue weighted by Crippen LogP contribution is -2.19. The molecule has 0 aliphatic carbocycles. The standard InChI is InChI=1S/C13H11N3O2/c17-13(18)11-12(15-7-6-14-11)16-8-5-9-3-1-2-4-10(9)16/h1-4,6-7H,5,8H2,(H,17,18). The Morgan fingerprint density at radius 1 is 1.22 bits per heavy atom. The van der Waals surface area contributed by atoms with Gasteiger partial charge < -0.3 is 10.0 Å². The number of aromatic carboxylic acids is 1. The van der Waals surface area contributed by atoms with Crippen LogP contribution in [0.15, 0.2) is 36.7 Å². The smallest absolute Gasteiger partial charge is 0.358 e. The van der Waals surface area contributed by atoms with E-state index in [1.807, 2.05) is 29.2 Å². The summed E-state index contributed by atoms with van der Waals surface area (Å²) in [5.41, 5.74) is 2.22. The number of hydrogen-bond acceptors (Lipinski definition) is 4. The van der Waals surface area contributed by atoms with Crippen LogP contribution in [0.4, 0.5) is 11.5 Å². The third-order valence-electron chi connectivity index (χ3n) is 3.02. The molecule has 90 valence electrons. The lowest BCUT2D eigenvalue weighted by atomic mass is 10.2. The second-order valence-corrected chi connectivity index (χ2v) is 4.06. The van der Waals surface area contributed by atoms with Crippen LogP contribution in [0.3, 0.4) is 0 Å². The molecule has 0 amide bonds. The van der Waals surface area contributed by atoms with Gasteiger partial charge in [0.25, 0.3) is 0 Å². The van der Waals surface area contributed by atoms with Crippen LogP contribution in [-0.2, 0) is 6.42 Å². The van der Waals surface area contributed by atoms with Gasteiger partial charge in [-0.15, -0.1) is 0 Å². The molecule has 1 aromatic heterocycles. The van der Waals surface area contributed by atoms with Crippen molar-refractivity contribution in [3.63, 3.8) is 0 Å². The van der Waals surface area contributed by atoms with E-state index in [2.05, 4.69) is 9.97 Å². The minimum absolute atomic E-state index is 0.00537. The third kappa shape index (κ3) is 1.60. The van der Waals surface area contributed by atoms with Crippen molar-refractivity contribution in [2.24, 2.45) is 0 Å². The van der Waals surface area contributed by atoms with Gasteiger partial charge in [-0.05, 0) is 18.1 Å². The molecule has 2 aromatic rings. The maximum absolute atomic E-state index is 11.2. The molecule has 2 heterocycles. The summed E-state index contributed by atoms with van der Waals surface area (Å²) >= 11 is 0. The summed E-state index contributed by atoms with van der Waals surface area (Å²) in [4.78, 5) is 21.1. The predicted molar refractivity (Wildman–Crippen MR) is 66.1 cm³/mol. The van der Waals surface area contributed by atoms with E-state index in [4.69, 9.17) is 5.11 Å². The first-order valence-electron chi connectivity index (χ1n) is 5.67. The highest BCUT2D eigenvalue weighted by Gasteiger charge is 2.25. The number of benzene rings is 1. The second-order valence-electron chi connectivity index (χ2n) is 4.06. The average Bonchev–Trinajstić information content (AvgIpc) is 2.82. The van der Waals surface area contributed by atoms with Crippen LogP contribution >= 0.6 is 0 Å². The van der Waals surface area contributed by atoms with Gasteiger partial charge >= 0.3 is 5.97 Å². The van der Waals surface area contributed by atoms with E-state index in [-0.39, 0.29) is 5.69 Å². The van der Waals surface area contributed by atoms with Crippen molar-refractivity contribution in [3.05, 3.63) is 47.9 Å². The summed E-state index contributed by atoms with van der Waals surface area (Å²) in [5, 5.41) is 9.14. The summed E-state index contributed by atoms with van der Waals surface area (Å²) in [7, 11) is 0. The molecule has 0 spiro atoms. The number of fused-ring (bicyclic) bond motifs is 1. The van der Waals surface area contributed by atoms with Gasteiger partial charge in [0.15, 0.2) is 11.5 Å². The van der Waals surface area contributed by atoms with Gasteiger partial charge in [-0.25, -0.2) is 14.8 Å². The Balaban J connectivity index is 2.10. The number of nitrogens with zero attached hydrogens (tertiary/aromatic N) is 3. The number of carboxylic acid groups (broad SMARTS) is 1. The summed E-state index contributed by atoms with van der Waals surface area (Å²) in [6.45, 7) is 0.734. The second kappa shape index (κ2) is 4.10. The molecule has 1 N–H and O–H groups in total. The van der Waals surface area contributed by atoms with Crippen molar-refractivity contribution in [1.82, 2.24) is 9.97 Å². The number of anilines is 2. The Morgan fingerprint density at radius 3 is 2.83 bits per heavy atom. The van der Waals surface area contributed by atoms with Crippen LogP contribution in [-0.4, -0.2) is 27.6 Å². The molecule has 1 aromatic carbocycles. The maximum atomic E-state index is 11.2. The van der Waals surface area contributed by atoms with Crippen molar-refractivity contribution in [1.29, 1.82) is 0 Å². The van der Waals surface area contributed by atoms with Crippen molar-refractivity contribution < 1.29 is 9.90 Å². The summed E-state index contributed by atoms with van der Waals surface area (Å²) in [6.07, 6.45) is 3.81. The zero-order valence-electron chi connectivity index (χ0n) is 9.58. The maximum Gasteiger partial charge on any atom is 0.358 e. The molecule has 5 heteroatoms. The molecule has 1 aliphatic heterocycles. The Morgan fingerprint density at radius 2 is 2.00 bits per heavy atom. The van der Waals surface area contributed by atoms with E-state index < -0.39 is 5.97 Å². The van der Waals surface area contributed by atoms with Gasteiger partial charge in [-0.1, -0.05) is 18.2 Å². The fourth-order valence-corrected chi connectivity index (χ4v) is 2.24. The van der Waals surface area contributed by atoms with Crippen LogP contribution < -0.4 is 4.90 Å². The Kier molecular flexibility index (Phi) is 2.44. The average molecular weight is 241 g/mol.